The van der Waals surface area contributed by atoms with Crippen LogP contribution in [0, 0.1) is 0 Å². The highest BCUT2D eigenvalue weighted by Gasteiger charge is 2.22. The monoisotopic (exact) mass is 341 g/mol. The van der Waals surface area contributed by atoms with Gasteiger partial charge in [0.15, 0.2) is 6.10 Å². The average molecular weight is 341 g/mol. The first kappa shape index (κ1) is 18.2. The predicted octanol–water partition coefficient (Wildman–Crippen LogP) is 3.28. The van der Waals surface area contributed by atoms with E-state index in [1.165, 1.54) is 37.6 Å². The molecule has 7 heteroatoms. The molecule has 0 aromatic heterocycles. The lowest BCUT2D eigenvalue weighted by Crippen LogP contribution is -2.42. The van der Waals surface area contributed by atoms with E-state index in [0.29, 0.717) is 0 Å². The molecule has 1 aromatic rings. The molecular weight excluding hydrogens is 320 g/mol. The van der Waals surface area contributed by atoms with Crippen LogP contribution in [0.2, 0.25) is 0 Å². The van der Waals surface area contributed by atoms with Gasteiger partial charge in [-0.3, -0.25) is 4.79 Å². The predicted molar refractivity (Wildman–Crippen MR) is 83.0 cm³/mol. The summed E-state index contributed by atoms with van der Waals surface area (Å²) in [5, 5.41) is 2.89. The first-order chi connectivity index (χ1) is 11.5. The fourth-order valence-electron chi connectivity index (χ4n) is 2.62. The van der Waals surface area contributed by atoms with E-state index < -0.39 is 18.7 Å². The molecule has 1 atom stereocenters. The lowest BCUT2D eigenvalue weighted by Gasteiger charge is -2.24. The lowest BCUT2D eigenvalue weighted by atomic mass is 9.95. The second-order valence-electron chi connectivity index (χ2n) is 5.79. The van der Waals surface area contributed by atoms with Crippen LogP contribution in [-0.4, -0.2) is 30.6 Å². The van der Waals surface area contributed by atoms with Gasteiger partial charge in [-0.05, 0) is 44.0 Å². The Kier molecular flexibility index (Phi) is 6.52. The van der Waals surface area contributed by atoms with Gasteiger partial charge in [0.05, 0.1) is 5.56 Å². The minimum absolute atomic E-state index is 0.0513. The Morgan fingerprint density at radius 2 is 1.75 bits per heavy atom. The van der Waals surface area contributed by atoms with E-state index in [4.69, 9.17) is 4.74 Å². The maximum atomic E-state index is 12.1. The molecule has 0 bridgehead atoms. The SMILES string of the molecule is CC(OC(=O)c1ccc(OC(F)F)cc1)C(=O)NC1CCCCC1. The summed E-state index contributed by atoms with van der Waals surface area (Å²) in [7, 11) is 0. The number of alkyl halides is 2. The smallest absolute Gasteiger partial charge is 0.387 e. The molecule has 1 fully saturated rings. The average Bonchev–Trinajstić information content (AvgIpc) is 2.55. The van der Waals surface area contributed by atoms with Crippen LogP contribution in [-0.2, 0) is 9.53 Å². The number of carbonyl (C=O) groups is 2. The van der Waals surface area contributed by atoms with E-state index >= 15 is 0 Å². The van der Waals surface area contributed by atoms with Gasteiger partial charge in [0, 0.05) is 6.04 Å². The van der Waals surface area contributed by atoms with Crippen molar-refractivity contribution in [2.75, 3.05) is 0 Å². The van der Waals surface area contributed by atoms with Crippen molar-refractivity contribution in [1.82, 2.24) is 5.32 Å². The van der Waals surface area contributed by atoms with E-state index in [-0.39, 0.29) is 23.3 Å². The Morgan fingerprint density at radius 1 is 1.12 bits per heavy atom. The molecular formula is C17H21F2NO4. The summed E-state index contributed by atoms with van der Waals surface area (Å²) < 4.78 is 33.5. The van der Waals surface area contributed by atoms with Gasteiger partial charge in [0.25, 0.3) is 5.91 Å². The van der Waals surface area contributed by atoms with Crippen LogP contribution in [0.4, 0.5) is 8.78 Å². The number of nitrogens with one attached hydrogen (secondary N) is 1. The number of benzene rings is 1. The Hall–Kier alpha value is -2.18. The molecule has 1 unspecified atom stereocenters. The fraction of sp³-hybridized carbons (Fsp3) is 0.529. The van der Waals surface area contributed by atoms with Gasteiger partial charge in [-0.25, -0.2) is 4.79 Å². The van der Waals surface area contributed by atoms with Gasteiger partial charge < -0.3 is 14.8 Å². The van der Waals surface area contributed by atoms with E-state index in [1.807, 2.05) is 0 Å². The van der Waals surface area contributed by atoms with Crippen LogP contribution in [0.5, 0.6) is 5.75 Å². The maximum Gasteiger partial charge on any atom is 0.387 e. The number of esters is 1. The van der Waals surface area contributed by atoms with Gasteiger partial charge in [-0.15, -0.1) is 0 Å². The van der Waals surface area contributed by atoms with Gasteiger partial charge in [0.1, 0.15) is 5.75 Å². The molecule has 1 aromatic carbocycles. The standard InChI is InChI=1S/C17H21F2NO4/c1-11(15(21)20-13-5-3-2-4-6-13)23-16(22)12-7-9-14(10-8-12)24-17(18)19/h7-11,13,17H,2-6H2,1H3,(H,20,21). The zero-order valence-corrected chi connectivity index (χ0v) is 13.5. The van der Waals surface area contributed by atoms with Crippen LogP contribution in [0.15, 0.2) is 24.3 Å². The van der Waals surface area contributed by atoms with Crippen molar-refractivity contribution in [3.05, 3.63) is 29.8 Å². The van der Waals surface area contributed by atoms with Crippen LogP contribution < -0.4 is 10.1 Å². The van der Waals surface area contributed by atoms with Crippen LogP contribution in [0.3, 0.4) is 0 Å². The number of rotatable bonds is 6. The third-order valence-corrected chi connectivity index (χ3v) is 3.92. The third kappa shape index (κ3) is 5.47. The Labute approximate surface area is 139 Å². The van der Waals surface area contributed by atoms with Crippen molar-refractivity contribution < 1.29 is 27.8 Å². The minimum atomic E-state index is -2.92. The molecule has 24 heavy (non-hydrogen) atoms. The van der Waals surface area contributed by atoms with Crippen molar-refractivity contribution in [2.24, 2.45) is 0 Å². The number of hydrogen-bond acceptors (Lipinski definition) is 4. The number of ether oxygens (including phenoxy) is 2. The lowest BCUT2D eigenvalue weighted by molar-refractivity contribution is -0.130. The fourth-order valence-corrected chi connectivity index (χ4v) is 2.62. The van der Waals surface area contributed by atoms with Gasteiger partial charge in [-0.2, -0.15) is 8.78 Å². The quantitative estimate of drug-likeness (QED) is 0.807. The number of carbonyl (C=O) groups excluding carboxylic acids is 2. The molecule has 1 amide bonds. The molecule has 1 aliphatic rings. The Balaban J connectivity index is 1.84. The second kappa shape index (κ2) is 8.61. The van der Waals surface area contributed by atoms with Crippen molar-refractivity contribution >= 4 is 11.9 Å². The van der Waals surface area contributed by atoms with Gasteiger partial charge in [-0.1, -0.05) is 19.3 Å². The zero-order valence-electron chi connectivity index (χ0n) is 13.5. The number of halogens is 2. The van der Waals surface area contributed by atoms with Crippen LogP contribution in [0.1, 0.15) is 49.4 Å². The highest BCUT2D eigenvalue weighted by atomic mass is 19.3. The van der Waals surface area contributed by atoms with Crippen LogP contribution in [0.25, 0.3) is 0 Å². The molecule has 0 heterocycles. The molecule has 1 N–H and O–H groups in total. The first-order valence-electron chi connectivity index (χ1n) is 8.02. The Bertz CT molecular complexity index is 556. The molecule has 0 aliphatic heterocycles. The normalized spacial score (nSPS) is 16.5. The van der Waals surface area contributed by atoms with Crippen molar-refractivity contribution in [2.45, 2.75) is 57.8 Å². The molecule has 0 spiro atoms. The second-order valence-corrected chi connectivity index (χ2v) is 5.79. The summed E-state index contributed by atoms with van der Waals surface area (Å²) in [6.45, 7) is -1.42. The molecule has 2 rings (SSSR count). The van der Waals surface area contributed by atoms with E-state index in [9.17, 15) is 18.4 Å². The molecule has 1 aliphatic carbocycles. The summed E-state index contributed by atoms with van der Waals surface area (Å²) in [4.78, 5) is 24.1. The molecule has 0 radical (unpaired) electrons. The maximum absolute atomic E-state index is 12.1. The molecule has 1 saturated carbocycles. The minimum Gasteiger partial charge on any atom is -0.449 e. The third-order valence-electron chi connectivity index (χ3n) is 3.92. The van der Waals surface area contributed by atoms with Gasteiger partial charge in [0.2, 0.25) is 0 Å². The van der Waals surface area contributed by atoms with Crippen LogP contribution >= 0.6 is 0 Å². The summed E-state index contributed by atoms with van der Waals surface area (Å²) >= 11 is 0. The molecule has 0 saturated heterocycles. The first-order valence-corrected chi connectivity index (χ1v) is 8.02. The number of amides is 1. The van der Waals surface area contributed by atoms with Gasteiger partial charge >= 0.3 is 12.6 Å². The van der Waals surface area contributed by atoms with Crippen molar-refractivity contribution in [3.63, 3.8) is 0 Å². The zero-order chi connectivity index (χ0) is 17.5. The highest BCUT2D eigenvalue weighted by molar-refractivity contribution is 5.92. The summed E-state index contributed by atoms with van der Waals surface area (Å²) in [5.41, 5.74) is 0.161. The summed E-state index contributed by atoms with van der Waals surface area (Å²) in [6.07, 6.45) is 4.33. The summed E-state index contributed by atoms with van der Waals surface area (Å²) in [5.74, 6) is -1.07. The van der Waals surface area contributed by atoms with E-state index in [0.717, 1.165) is 25.7 Å². The van der Waals surface area contributed by atoms with Crippen molar-refractivity contribution in [3.8, 4) is 5.75 Å². The number of hydrogen-bond donors (Lipinski definition) is 1. The summed E-state index contributed by atoms with van der Waals surface area (Å²) in [6, 6.07) is 5.25. The molecule has 5 nitrogen and oxygen atoms in total. The Morgan fingerprint density at radius 3 is 2.33 bits per heavy atom. The highest BCUT2D eigenvalue weighted by Crippen LogP contribution is 2.18. The van der Waals surface area contributed by atoms with Crippen molar-refractivity contribution in [1.29, 1.82) is 0 Å². The topological polar surface area (TPSA) is 64.6 Å². The van der Waals surface area contributed by atoms with E-state index in [2.05, 4.69) is 10.1 Å². The molecule has 132 valence electrons. The largest absolute Gasteiger partial charge is 0.449 e. The van der Waals surface area contributed by atoms with E-state index in [1.54, 1.807) is 0 Å².